The van der Waals surface area contributed by atoms with E-state index < -0.39 is 11.5 Å². The van der Waals surface area contributed by atoms with E-state index >= 15 is 0 Å². The summed E-state index contributed by atoms with van der Waals surface area (Å²) in [6, 6.07) is 15.6. The predicted octanol–water partition coefficient (Wildman–Crippen LogP) is 3.67. The second-order valence-electron chi connectivity index (χ2n) is 7.23. The molecule has 1 N–H and O–H groups in total. The van der Waals surface area contributed by atoms with E-state index in [9.17, 15) is 14.4 Å². The molecule has 176 valence electrons. The van der Waals surface area contributed by atoms with Crippen LogP contribution < -0.4 is 21.3 Å². The number of aromatic nitrogens is 4. The van der Waals surface area contributed by atoms with E-state index in [1.165, 1.54) is 33.6 Å². The van der Waals surface area contributed by atoms with Gasteiger partial charge in [-0.2, -0.15) is 4.68 Å². The smallest absolute Gasteiger partial charge is 0.291 e. The summed E-state index contributed by atoms with van der Waals surface area (Å²) >= 11 is 5.80. The van der Waals surface area contributed by atoms with Crippen LogP contribution >= 0.6 is 39.0 Å². The molecule has 0 unspecified atom stereocenters. The molecule has 0 fully saturated rings. The summed E-state index contributed by atoms with van der Waals surface area (Å²) in [6.45, 7) is -0.301. The molecule has 0 saturated heterocycles. The van der Waals surface area contributed by atoms with Gasteiger partial charge in [-0.3, -0.25) is 24.2 Å². The summed E-state index contributed by atoms with van der Waals surface area (Å²) in [7, 11) is 0. The number of carbonyl (C=O) groups is 1. The molecule has 0 spiro atoms. The van der Waals surface area contributed by atoms with Crippen LogP contribution in [-0.2, 0) is 10.5 Å². The molecule has 4 heterocycles. The van der Waals surface area contributed by atoms with Crippen molar-refractivity contribution in [1.82, 2.24) is 19.0 Å². The van der Waals surface area contributed by atoms with Crippen molar-refractivity contribution >= 4 is 60.8 Å². The number of pyridine rings is 1. The third-order valence-corrected chi connectivity index (χ3v) is 7.37. The van der Waals surface area contributed by atoms with E-state index in [0.717, 1.165) is 4.68 Å². The average molecular weight is 570 g/mol. The normalized spacial score (nSPS) is 11.1. The minimum absolute atomic E-state index is 0.206. The molecule has 0 saturated carbocycles. The van der Waals surface area contributed by atoms with E-state index in [-0.39, 0.29) is 23.1 Å². The third kappa shape index (κ3) is 4.99. The fourth-order valence-electron chi connectivity index (χ4n) is 3.26. The van der Waals surface area contributed by atoms with Gasteiger partial charge in [-0.25, -0.2) is 9.97 Å². The van der Waals surface area contributed by atoms with Gasteiger partial charge >= 0.3 is 0 Å². The number of thiophene rings is 1. The van der Waals surface area contributed by atoms with Crippen LogP contribution in [0.25, 0.3) is 15.9 Å². The Kier molecular flexibility index (Phi) is 6.66. The number of nitrogens with zero attached hydrogens (tertiary/aromatic N) is 4. The Hall–Kier alpha value is -3.48. The quantitative estimate of drug-likeness (QED) is 0.235. The Morgan fingerprint density at radius 1 is 1.11 bits per heavy atom. The Labute approximate surface area is 214 Å². The fraction of sp³-hybridized carbons (Fsp3) is 0.0870. The van der Waals surface area contributed by atoms with Crippen molar-refractivity contribution in [1.29, 1.82) is 0 Å². The molecular formula is C23H16BrN5O4S2. The minimum Gasteiger partial charge on any atom is -0.483 e. The van der Waals surface area contributed by atoms with Crippen molar-refractivity contribution < 1.29 is 9.53 Å². The number of carbonyl (C=O) groups excluding carboxylic acids is 1. The molecule has 0 radical (unpaired) electrons. The van der Waals surface area contributed by atoms with Gasteiger partial charge < -0.3 is 4.74 Å². The zero-order chi connectivity index (χ0) is 24.4. The van der Waals surface area contributed by atoms with Crippen LogP contribution in [0.15, 0.2) is 85.4 Å². The number of nitrogens with one attached hydrogen (secondary N) is 1. The third-order valence-electron chi connectivity index (χ3n) is 4.85. The van der Waals surface area contributed by atoms with E-state index in [4.69, 9.17) is 4.74 Å². The number of fused-ring (bicyclic) bond motifs is 2. The van der Waals surface area contributed by atoms with Gasteiger partial charge in [0.2, 0.25) is 0 Å². The molecule has 0 aliphatic heterocycles. The first-order chi connectivity index (χ1) is 17.0. The Bertz CT molecular complexity index is 1680. The number of benzene rings is 1. The lowest BCUT2D eigenvalue weighted by atomic mass is 10.3. The van der Waals surface area contributed by atoms with Crippen LogP contribution in [-0.4, -0.2) is 31.6 Å². The molecule has 0 aliphatic carbocycles. The van der Waals surface area contributed by atoms with E-state index in [0.29, 0.717) is 31.8 Å². The van der Waals surface area contributed by atoms with Crippen molar-refractivity contribution in [3.05, 3.63) is 97.0 Å². The number of amides is 1. The van der Waals surface area contributed by atoms with Crippen molar-refractivity contribution in [2.45, 2.75) is 10.9 Å². The molecule has 1 amide bonds. The summed E-state index contributed by atoms with van der Waals surface area (Å²) < 4.78 is 9.25. The Morgan fingerprint density at radius 3 is 2.80 bits per heavy atom. The Morgan fingerprint density at radius 2 is 1.94 bits per heavy atom. The number of rotatable bonds is 7. The number of hydrogen-bond donors (Lipinski definition) is 1. The molecule has 12 heteroatoms. The molecule has 0 atom stereocenters. The summed E-state index contributed by atoms with van der Waals surface area (Å²) in [5.41, 5.74) is 3.57. The first-order valence-corrected chi connectivity index (χ1v) is 12.9. The lowest BCUT2D eigenvalue weighted by Gasteiger charge is -2.14. The molecule has 5 aromatic rings. The number of hydrogen-bond acceptors (Lipinski definition) is 8. The zero-order valence-electron chi connectivity index (χ0n) is 17.9. The van der Waals surface area contributed by atoms with Gasteiger partial charge in [0.25, 0.3) is 17.0 Å². The molecule has 9 nitrogen and oxygen atoms in total. The lowest BCUT2D eigenvalue weighted by molar-refractivity contribution is -0.119. The summed E-state index contributed by atoms with van der Waals surface area (Å²) in [4.78, 5) is 47.2. The fourth-order valence-corrected chi connectivity index (χ4v) is 5.27. The molecule has 1 aromatic carbocycles. The number of ether oxygens (including phenoxy) is 1. The SMILES string of the molecule is O=C(COc1ccccc1Br)Nn1c(SCc2cc(=O)n3ccccc3n2)nc2ccsc2c1=O. The number of halogens is 1. The van der Waals surface area contributed by atoms with Crippen LogP contribution in [0.2, 0.25) is 0 Å². The highest BCUT2D eigenvalue weighted by Gasteiger charge is 2.16. The van der Waals surface area contributed by atoms with Crippen LogP contribution in [0.3, 0.4) is 0 Å². The van der Waals surface area contributed by atoms with Gasteiger partial charge in [0.05, 0.1) is 15.7 Å². The van der Waals surface area contributed by atoms with Crippen molar-refractivity contribution in [2.75, 3.05) is 12.0 Å². The average Bonchev–Trinajstić information content (AvgIpc) is 3.33. The molecule has 4 aromatic heterocycles. The maximum Gasteiger partial charge on any atom is 0.291 e. The highest BCUT2D eigenvalue weighted by molar-refractivity contribution is 9.10. The van der Waals surface area contributed by atoms with Crippen LogP contribution in [0.1, 0.15) is 5.69 Å². The molecular weight excluding hydrogens is 554 g/mol. The molecule has 0 aliphatic rings. The van der Waals surface area contributed by atoms with Gasteiger partial charge in [-0.15, -0.1) is 11.3 Å². The highest BCUT2D eigenvalue weighted by atomic mass is 79.9. The molecule has 0 bridgehead atoms. The highest BCUT2D eigenvalue weighted by Crippen LogP contribution is 2.24. The molecule has 5 rings (SSSR count). The van der Waals surface area contributed by atoms with Crippen LogP contribution in [0.5, 0.6) is 5.75 Å². The summed E-state index contributed by atoms with van der Waals surface area (Å²) in [5, 5.41) is 2.03. The van der Waals surface area contributed by atoms with E-state index in [1.807, 2.05) is 6.07 Å². The van der Waals surface area contributed by atoms with Gasteiger partial charge in [0.1, 0.15) is 16.1 Å². The summed E-state index contributed by atoms with van der Waals surface area (Å²) in [5.74, 6) is 0.251. The molecule has 35 heavy (non-hydrogen) atoms. The first kappa shape index (κ1) is 23.3. The maximum atomic E-state index is 13.1. The second kappa shape index (κ2) is 10.0. The van der Waals surface area contributed by atoms with Crippen molar-refractivity contribution in [2.24, 2.45) is 0 Å². The first-order valence-electron chi connectivity index (χ1n) is 10.3. The zero-order valence-corrected chi connectivity index (χ0v) is 21.1. The van der Waals surface area contributed by atoms with Crippen LogP contribution in [0, 0.1) is 0 Å². The van der Waals surface area contributed by atoms with Gasteiger partial charge in [-0.05, 0) is 51.6 Å². The van der Waals surface area contributed by atoms with Gasteiger partial charge in [0, 0.05) is 18.0 Å². The van der Waals surface area contributed by atoms with E-state index in [2.05, 4.69) is 31.3 Å². The maximum absolute atomic E-state index is 13.1. The minimum atomic E-state index is -0.524. The summed E-state index contributed by atoms with van der Waals surface area (Å²) in [6.07, 6.45) is 1.65. The largest absolute Gasteiger partial charge is 0.483 e. The predicted molar refractivity (Wildman–Crippen MR) is 139 cm³/mol. The van der Waals surface area contributed by atoms with E-state index in [1.54, 1.807) is 54.0 Å². The van der Waals surface area contributed by atoms with Crippen LogP contribution in [0.4, 0.5) is 0 Å². The van der Waals surface area contributed by atoms with Crippen molar-refractivity contribution in [3.63, 3.8) is 0 Å². The Balaban J connectivity index is 1.40. The second-order valence-corrected chi connectivity index (χ2v) is 9.94. The van der Waals surface area contributed by atoms with Gasteiger partial charge in [-0.1, -0.05) is 30.0 Å². The van der Waals surface area contributed by atoms with Gasteiger partial charge in [0.15, 0.2) is 11.8 Å². The number of para-hydroxylation sites is 1. The monoisotopic (exact) mass is 569 g/mol. The standard InChI is InChI=1S/C23H16BrN5O4S2/c24-15-5-1-2-6-17(15)33-12-19(30)27-29-22(32)21-16(8-10-34-21)26-23(29)35-13-14-11-20(31)28-9-4-3-7-18(28)25-14/h1-11H,12-13H2,(H,27,30). The number of thioether (sulfide) groups is 1. The lowest BCUT2D eigenvalue weighted by Crippen LogP contribution is -2.37. The van der Waals surface area contributed by atoms with Crippen molar-refractivity contribution in [3.8, 4) is 5.75 Å². The topological polar surface area (TPSA) is 108 Å².